The third kappa shape index (κ3) is 24.1. The van der Waals surface area contributed by atoms with Crippen molar-refractivity contribution >= 4 is 69.8 Å². The van der Waals surface area contributed by atoms with Gasteiger partial charge in [0.1, 0.15) is 42.3 Å². The maximum atomic E-state index is 14.8. The molecule has 84 heavy (non-hydrogen) atoms. The van der Waals surface area contributed by atoms with Crippen LogP contribution in [0.4, 0.5) is 0 Å². The summed E-state index contributed by atoms with van der Waals surface area (Å²) in [6, 6.07) is 5.65. The van der Waals surface area contributed by atoms with E-state index in [1.54, 1.807) is 36.5 Å². The maximum absolute atomic E-state index is 14.8. The standard InChI is InChI=1S/C60H94N14O10/c1-4-5-6-7-11-19-40(75)35-53(77)67-43(22-14-15-25-52(64)65)54(78)68-44-23-16-24-51(76)48(34-39-36-66-42-21-13-12-20-41(39)42)72-57(81)46(27-30-62)70-56(80)45(26-29-61)71-59(83)49(32-37(2)3)73-60(84)50(33-38-17-9-8-10-18-38)74-58(82)47(28-31-63)69-55(44)79/h8-10,12-13,17-18,20-21,36-37,40,43-50,66,75H,4-7,11,14-16,19,22-35,61-63H2,1-3H3,(H3,64,65)(H,67,77)(H,68,78)(H,69,79)(H,70,80)(H,71,83)(H,72,81)(H,73,84)(H,74,82)/t40-,43-,44+,45+,46+,47+,48+,49+,50-/m1/s1. The van der Waals surface area contributed by atoms with E-state index in [1.165, 1.54) is 0 Å². The number of nitrogens with one attached hydrogen (secondary N) is 10. The van der Waals surface area contributed by atoms with Gasteiger partial charge in [-0.3, -0.25) is 48.6 Å². The summed E-state index contributed by atoms with van der Waals surface area (Å²) >= 11 is 0. The van der Waals surface area contributed by atoms with Gasteiger partial charge in [0.15, 0.2) is 5.78 Å². The minimum absolute atomic E-state index is 0.00689. The predicted molar refractivity (Wildman–Crippen MR) is 321 cm³/mol. The summed E-state index contributed by atoms with van der Waals surface area (Å²) in [7, 11) is 0. The number of carbonyl (C=O) groups excluding carboxylic acids is 9. The fourth-order valence-electron chi connectivity index (χ4n) is 10.1. The van der Waals surface area contributed by atoms with E-state index in [1.807, 2.05) is 38.1 Å². The molecule has 2 heterocycles. The van der Waals surface area contributed by atoms with Gasteiger partial charge in [-0.05, 0) is 101 Å². The molecule has 4 rings (SSSR count). The van der Waals surface area contributed by atoms with Crippen molar-refractivity contribution in [2.24, 2.45) is 28.9 Å². The largest absolute Gasteiger partial charge is 0.393 e. The molecule has 0 aliphatic carbocycles. The molecule has 1 aliphatic heterocycles. The summed E-state index contributed by atoms with van der Waals surface area (Å²) in [4.78, 5) is 133. The lowest BCUT2D eigenvalue weighted by Gasteiger charge is -2.28. The van der Waals surface area contributed by atoms with Crippen molar-refractivity contribution in [3.05, 3.63) is 71.9 Å². The SMILES string of the molecule is CCCCCCC[C@@H](O)CC(=O)N[C@H](CCCCC(=N)N)C(=O)N[C@H]1CCCC(=O)[C@H](Cc2c[nH]c3ccccc23)NC(=O)[C@H](CCN)NC(=O)[C@H](CCN)NC(=O)[C@H](CC(C)C)NC(=O)[C@@H](Cc2ccccc2)NC(=O)[C@H](CCN)NC1=O. The highest BCUT2D eigenvalue weighted by Gasteiger charge is 2.36. The molecule has 0 bridgehead atoms. The summed E-state index contributed by atoms with van der Waals surface area (Å²) in [6.45, 7) is 5.50. The highest BCUT2D eigenvalue weighted by Crippen LogP contribution is 2.21. The topological polar surface area (TPSA) is 414 Å². The van der Waals surface area contributed by atoms with Gasteiger partial charge in [-0.25, -0.2) is 0 Å². The Morgan fingerprint density at radius 2 is 1.19 bits per heavy atom. The second-order valence-corrected chi connectivity index (χ2v) is 22.4. The van der Waals surface area contributed by atoms with Crippen LogP contribution in [0.2, 0.25) is 0 Å². The van der Waals surface area contributed by atoms with Crippen LogP contribution in [0.25, 0.3) is 10.9 Å². The van der Waals surface area contributed by atoms with Crippen LogP contribution in [0.15, 0.2) is 60.8 Å². The average Bonchev–Trinajstić information content (AvgIpc) is 4.13. The Bertz CT molecular complexity index is 2620. The second kappa shape index (κ2) is 37.1. The number of aliphatic hydroxyl groups excluding tert-OH is 1. The smallest absolute Gasteiger partial charge is 0.243 e. The predicted octanol–water partition coefficient (Wildman–Crippen LogP) is 1.28. The van der Waals surface area contributed by atoms with Crippen molar-refractivity contribution in [1.82, 2.24) is 47.5 Å². The normalized spacial score (nSPS) is 21.7. The van der Waals surface area contributed by atoms with Crippen molar-refractivity contribution in [3.63, 3.8) is 0 Å². The quantitative estimate of drug-likeness (QED) is 0.0277. The molecule has 24 nitrogen and oxygen atoms in total. The van der Waals surface area contributed by atoms with Crippen LogP contribution in [0.1, 0.15) is 147 Å². The molecule has 1 fully saturated rings. The van der Waals surface area contributed by atoms with Gasteiger partial charge in [0.25, 0.3) is 0 Å². The fraction of sp³-hybridized carbons (Fsp3) is 0.600. The summed E-state index contributed by atoms with van der Waals surface area (Å²) in [6.07, 6.45) is 5.77. The zero-order valence-electron chi connectivity index (χ0n) is 49.2. The Kier molecular flexibility index (Phi) is 30.6. The maximum Gasteiger partial charge on any atom is 0.243 e. The van der Waals surface area contributed by atoms with Gasteiger partial charge in [-0.2, -0.15) is 0 Å². The number of unbranched alkanes of at least 4 members (excludes halogenated alkanes) is 5. The van der Waals surface area contributed by atoms with E-state index in [0.717, 1.165) is 36.6 Å². The molecule has 464 valence electrons. The summed E-state index contributed by atoms with van der Waals surface area (Å²) in [5.74, 6) is -6.82. The molecule has 2 aromatic carbocycles. The first-order valence-corrected chi connectivity index (χ1v) is 29.9. The minimum Gasteiger partial charge on any atom is -0.393 e. The molecule has 0 saturated carbocycles. The zero-order valence-corrected chi connectivity index (χ0v) is 49.2. The van der Waals surface area contributed by atoms with E-state index in [2.05, 4.69) is 54.4 Å². The molecule has 19 N–H and O–H groups in total. The molecule has 8 amide bonds. The van der Waals surface area contributed by atoms with Crippen molar-refractivity contribution in [2.75, 3.05) is 19.6 Å². The number of amidine groups is 1. The lowest BCUT2D eigenvalue weighted by atomic mass is 9.96. The van der Waals surface area contributed by atoms with Crippen molar-refractivity contribution in [1.29, 1.82) is 5.41 Å². The van der Waals surface area contributed by atoms with Crippen LogP contribution >= 0.6 is 0 Å². The highest BCUT2D eigenvalue weighted by molar-refractivity contribution is 5.99. The van der Waals surface area contributed by atoms with Gasteiger partial charge >= 0.3 is 0 Å². The average molecular weight is 1170 g/mol. The molecule has 0 unspecified atom stereocenters. The summed E-state index contributed by atoms with van der Waals surface area (Å²) in [5.41, 5.74) is 25.7. The molecule has 1 aromatic heterocycles. The lowest BCUT2D eigenvalue weighted by molar-refractivity contribution is -0.136. The number of H-pyrrole nitrogens is 1. The van der Waals surface area contributed by atoms with Gasteiger partial charge in [0, 0.05) is 42.8 Å². The molecule has 3 aromatic rings. The number of aromatic amines is 1. The van der Waals surface area contributed by atoms with Gasteiger partial charge in [0.2, 0.25) is 47.3 Å². The van der Waals surface area contributed by atoms with Crippen LogP contribution in [-0.2, 0) is 56.0 Å². The number of ketones is 1. The third-order valence-electron chi connectivity index (χ3n) is 14.8. The highest BCUT2D eigenvalue weighted by atomic mass is 16.3. The molecule has 1 aliphatic rings. The van der Waals surface area contributed by atoms with E-state index in [4.69, 9.17) is 28.3 Å². The number of nitrogens with two attached hydrogens (primary N) is 4. The van der Waals surface area contributed by atoms with E-state index in [0.29, 0.717) is 36.8 Å². The molecule has 1 saturated heterocycles. The van der Waals surface area contributed by atoms with Gasteiger partial charge in [-0.1, -0.05) is 108 Å². The van der Waals surface area contributed by atoms with Crippen molar-refractivity contribution < 1.29 is 48.3 Å². The Morgan fingerprint density at radius 1 is 0.655 bits per heavy atom. The van der Waals surface area contributed by atoms with E-state index in [-0.39, 0.29) is 108 Å². The third-order valence-corrected chi connectivity index (χ3v) is 14.8. The Morgan fingerprint density at radius 3 is 1.80 bits per heavy atom. The molecule has 0 radical (unpaired) electrons. The number of para-hydroxylation sites is 1. The number of aromatic nitrogens is 1. The first-order chi connectivity index (χ1) is 40.3. The van der Waals surface area contributed by atoms with Gasteiger partial charge in [-0.15, -0.1) is 0 Å². The van der Waals surface area contributed by atoms with Crippen LogP contribution in [0.5, 0.6) is 0 Å². The summed E-state index contributed by atoms with van der Waals surface area (Å²) in [5, 5.41) is 41.3. The number of fused-ring (bicyclic) bond motifs is 1. The van der Waals surface area contributed by atoms with Crippen molar-refractivity contribution in [3.8, 4) is 0 Å². The number of rotatable bonds is 28. The first kappa shape index (κ1) is 69.2. The molecular formula is C60H94N14O10. The Balaban J connectivity index is 1.80. The number of aliphatic hydroxyl groups is 1. The Labute approximate surface area is 493 Å². The molecule has 9 atom stereocenters. The van der Waals surface area contributed by atoms with Crippen LogP contribution in [0.3, 0.4) is 0 Å². The van der Waals surface area contributed by atoms with Crippen LogP contribution in [0, 0.1) is 11.3 Å². The fourth-order valence-corrected chi connectivity index (χ4v) is 10.1. The molecular weight excluding hydrogens is 1080 g/mol. The first-order valence-electron chi connectivity index (χ1n) is 29.9. The number of hydrogen-bond acceptors (Lipinski definition) is 14. The van der Waals surface area contributed by atoms with E-state index in [9.17, 15) is 48.3 Å². The van der Waals surface area contributed by atoms with Crippen LogP contribution in [-0.4, -0.2) is 143 Å². The lowest BCUT2D eigenvalue weighted by Crippen LogP contribution is -2.61. The number of benzene rings is 2. The second-order valence-electron chi connectivity index (χ2n) is 22.4. The van der Waals surface area contributed by atoms with E-state index >= 15 is 0 Å². The molecule has 24 heteroatoms. The Hall–Kier alpha value is -7.28. The molecule has 0 spiro atoms. The van der Waals surface area contributed by atoms with E-state index < -0.39 is 107 Å². The zero-order chi connectivity index (χ0) is 61.6. The minimum atomic E-state index is -1.46. The van der Waals surface area contributed by atoms with Gasteiger partial charge in [0.05, 0.1) is 24.4 Å². The number of carbonyl (C=O) groups is 9. The monoisotopic (exact) mass is 1170 g/mol. The number of amides is 8. The van der Waals surface area contributed by atoms with Crippen molar-refractivity contribution in [2.45, 2.75) is 204 Å². The summed E-state index contributed by atoms with van der Waals surface area (Å²) < 4.78 is 0. The van der Waals surface area contributed by atoms with Crippen LogP contribution < -0.4 is 65.5 Å². The number of Topliss-reactive ketones (excluding diaryl/α,β-unsaturated/α-hetero) is 1. The van der Waals surface area contributed by atoms with Gasteiger partial charge < -0.3 is 75.6 Å². The number of hydrogen-bond donors (Lipinski definition) is 15.